The number of aliphatic carboxylic acids is 1. The molecular formula is C13H13F3N2O4. The Labute approximate surface area is 123 Å². The van der Waals surface area contributed by atoms with Crippen LogP contribution in [0.1, 0.15) is 16.8 Å². The molecule has 1 aliphatic rings. The van der Waals surface area contributed by atoms with E-state index in [1.165, 1.54) is 17.0 Å². The molecule has 1 fully saturated rings. The minimum absolute atomic E-state index is 0.112. The average molecular weight is 318 g/mol. The van der Waals surface area contributed by atoms with Crippen molar-refractivity contribution in [3.8, 4) is 5.88 Å². The highest BCUT2D eigenvalue weighted by Gasteiger charge is 2.31. The Kier molecular flexibility index (Phi) is 4.53. The smallest absolute Gasteiger partial charge is 0.422 e. The van der Waals surface area contributed by atoms with Gasteiger partial charge in [-0.05, 0) is 12.5 Å². The van der Waals surface area contributed by atoms with Gasteiger partial charge in [0.1, 0.15) is 0 Å². The number of hydrogen-bond donors (Lipinski definition) is 1. The number of carboxylic acid groups (broad SMARTS) is 1. The maximum atomic E-state index is 12.1. The summed E-state index contributed by atoms with van der Waals surface area (Å²) in [4.78, 5) is 28.0. The van der Waals surface area contributed by atoms with Gasteiger partial charge in [-0.2, -0.15) is 13.2 Å². The monoisotopic (exact) mass is 318 g/mol. The van der Waals surface area contributed by atoms with E-state index in [1.54, 1.807) is 0 Å². The third-order valence-electron chi connectivity index (χ3n) is 3.19. The van der Waals surface area contributed by atoms with Crippen LogP contribution in [0.4, 0.5) is 13.2 Å². The molecule has 2 heterocycles. The van der Waals surface area contributed by atoms with E-state index in [1.807, 2.05) is 0 Å². The maximum Gasteiger partial charge on any atom is 0.422 e. The van der Waals surface area contributed by atoms with Gasteiger partial charge < -0.3 is 14.7 Å². The van der Waals surface area contributed by atoms with Gasteiger partial charge in [-0.25, -0.2) is 4.98 Å². The van der Waals surface area contributed by atoms with Crippen molar-refractivity contribution in [1.29, 1.82) is 0 Å². The molecule has 1 saturated heterocycles. The van der Waals surface area contributed by atoms with Crippen molar-refractivity contribution in [2.75, 3.05) is 19.7 Å². The first-order chi connectivity index (χ1) is 10.3. The number of alkyl halides is 3. The predicted molar refractivity (Wildman–Crippen MR) is 67.4 cm³/mol. The largest absolute Gasteiger partial charge is 0.481 e. The third kappa shape index (κ3) is 4.09. The number of amides is 1. The van der Waals surface area contributed by atoms with E-state index < -0.39 is 30.6 Å². The number of ether oxygens (including phenoxy) is 1. The molecule has 0 saturated carbocycles. The number of aromatic nitrogens is 1. The van der Waals surface area contributed by atoms with Crippen LogP contribution in [0.15, 0.2) is 18.3 Å². The Bertz CT molecular complexity index is 559. The zero-order chi connectivity index (χ0) is 16.3. The molecule has 1 aromatic rings. The van der Waals surface area contributed by atoms with E-state index >= 15 is 0 Å². The summed E-state index contributed by atoms with van der Waals surface area (Å²) in [5, 5.41) is 8.89. The summed E-state index contributed by atoms with van der Waals surface area (Å²) in [6.45, 7) is -1.03. The summed E-state index contributed by atoms with van der Waals surface area (Å²) >= 11 is 0. The van der Waals surface area contributed by atoms with Gasteiger partial charge in [-0.3, -0.25) is 9.59 Å². The minimum atomic E-state index is -4.46. The van der Waals surface area contributed by atoms with Crippen molar-refractivity contribution in [2.24, 2.45) is 5.92 Å². The van der Waals surface area contributed by atoms with Crippen LogP contribution in [-0.4, -0.2) is 52.7 Å². The Morgan fingerprint density at radius 1 is 1.41 bits per heavy atom. The summed E-state index contributed by atoms with van der Waals surface area (Å²) in [5.74, 6) is -2.19. The number of halogens is 3. The molecule has 0 spiro atoms. The molecule has 0 aromatic carbocycles. The van der Waals surface area contributed by atoms with Gasteiger partial charge in [-0.15, -0.1) is 0 Å². The lowest BCUT2D eigenvalue weighted by Gasteiger charge is -2.15. The molecule has 1 aliphatic heterocycles. The van der Waals surface area contributed by atoms with Crippen LogP contribution in [0.5, 0.6) is 5.88 Å². The molecule has 1 amide bonds. The first-order valence-electron chi connectivity index (χ1n) is 6.44. The predicted octanol–water partition coefficient (Wildman–Crippen LogP) is 1.57. The number of carbonyl (C=O) groups excluding carboxylic acids is 1. The van der Waals surface area contributed by atoms with E-state index in [0.717, 1.165) is 6.20 Å². The summed E-state index contributed by atoms with van der Waals surface area (Å²) < 4.78 is 40.4. The van der Waals surface area contributed by atoms with Gasteiger partial charge in [-0.1, -0.05) is 0 Å². The Morgan fingerprint density at radius 3 is 2.64 bits per heavy atom. The number of carboxylic acids is 1. The highest BCUT2D eigenvalue weighted by molar-refractivity contribution is 5.94. The highest BCUT2D eigenvalue weighted by atomic mass is 19.4. The number of hydrogen-bond acceptors (Lipinski definition) is 4. The Hall–Kier alpha value is -2.32. The van der Waals surface area contributed by atoms with E-state index in [2.05, 4.69) is 9.72 Å². The highest BCUT2D eigenvalue weighted by Crippen LogP contribution is 2.20. The van der Waals surface area contributed by atoms with Gasteiger partial charge in [0, 0.05) is 25.4 Å². The molecule has 1 N–H and O–H groups in total. The molecule has 1 aromatic heterocycles. The summed E-state index contributed by atoms with van der Waals surface area (Å²) in [6, 6.07) is 2.47. The molecule has 1 atom stereocenters. The standard InChI is InChI=1S/C13H13F3N2O4/c14-13(15,16)7-22-10-2-1-8(5-17-10)11(19)18-4-3-9(6-18)12(20)21/h1-2,5,9H,3-4,6-7H2,(H,20,21). The molecule has 22 heavy (non-hydrogen) atoms. The lowest BCUT2D eigenvalue weighted by atomic mass is 10.1. The van der Waals surface area contributed by atoms with E-state index in [4.69, 9.17) is 5.11 Å². The van der Waals surface area contributed by atoms with Crippen molar-refractivity contribution in [3.63, 3.8) is 0 Å². The Balaban J connectivity index is 1.96. The summed E-state index contributed by atoms with van der Waals surface area (Å²) in [6.07, 6.45) is -2.97. The van der Waals surface area contributed by atoms with Gasteiger partial charge in [0.2, 0.25) is 5.88 Å². The van der Waals surface area contributed by atoms with Crippen molar-refractivity contribution >= 4 is 11.9 Å². The third-order valence-corrected chi connectivity index (χ3v) is 3.19. The van der Waals surface area contributed by atoms with Crippen LogP contribution < -0.4 is 4.74 Å². The second-order valence-corrected chi connectivity index (χ2v) is 4.86. The molecule has 1 unspecified atom stereocenters. The zero-order valence-corrected chi connectivity index (χ0v) is 11.3. The van der Waals surface area contributed by atoms with Gasteiger partial charge in [0.25, 0.3) is 5.91 Å². The number of pyridine rings is 1. The maximum absolute atomic E-state index is 12.1. The van der Waals surface area contributed by atoms with Gasteiger partial charge >= 0.3 is 12.1 Å². The van der Waals surface area contributed by atoms with E-state index in [-0.39, 0.29) is 18.0 Å². The molecule has 0 bridgehead atoms. The quantitative estimate of drug-likeness (QED) is 0.911. The fraction of sp³-hybridized carbons (Fsp3) is 0.462. The molecule has 120 valence electrons. The minimum Gasteiger partial charge on any atom is -0.481 e. The number of nitrogens with zero attached hydrogens (tertiary/aromatic N) is 2. The molecule has 2 rings (SSSR count). The summed E-state index contributed by atoms with van der Waals surface area (Å²) in [7, 11) is 0. The van der Waals surface area contributed by atoms with Gasteiger partial charge in [0.05, 0.1) is 11.5 Å². The molecular weight excluding hydrogens is 305 g/mol. The molecule has 6 nitrogen and oxygen atoms in total. The first kappa shape index (κ1) is 16.1. The number of carbonyl (C=O) groups is 2. The number of likely N-dealkylation sites (tertiary alicyclic amines) is 1. The van der Waals surface area contributed by atoms with Crippen LogP contribution in [0.25, 0.3) is 0 Å². The average Bonchev–Trinajstić information content (AvgIpc) is 2.94. The van der Waals surface area contributed by atoms with Gasteiger partial charge in [0.15, 0.2) is 6.61 Å². The van der Waals surface area contributed by atoms with Crippen LogP contribution >= 0.6 is 0 Å². The first-order valence-corrected chi connectivity index (χ1v) is 6.44. The topological polar surface area (TPSA) is 79.7 Å². The summed E-state index contributed by atoms with van der Waals surface area (Å²) in [5.41, 5.74) is 0.172. The Morgan fingerprint density at radius 2 is 2.14 bits per heavy atom. The van der Waals surface area contributed by atoms with Crippen molar-refractivity contribution in [2.45, 2.75) is 12.6 Å². The van der Waals surface area contributed by atoms with Crippen LogP contribution in [-0.2, 0) is 4.79 Å². The second kappa shape index (κ2) is 6.20. The van der Waals surface area contributed by atoms with Crippen molar-refractivity contribution in [3.05, 3.63) is 23.9 Å². The lowest BCUT2D eigenvalue weighted by Crippen LogP contribution is -2.30. The van der Waals surface area contributed by atoms with Crippen LogP contribution in [0, 0.1) is 5.92 Å². The molecule has 0 radical (unpaired) electrons. The fourth-order valence-corrected chi connectivity index (χ4v) is 2.08. The molecule has 9 heteroatoms. The normalized spacial score (nSPS) is 18.3. The number of rotatable bonds is 4. The van der Waals surface area contributed by atoms with E-state index in [9.17, 15) is 22.8 Å². The van der Waals surface area contributed by atoms with Crippen molar-refractivity contribution in [1.82, 2.24) is 9.88 Å². The molecule has 0 aliphatic carbocycles. The fourth-order valence-electron chi connectivity index (χ4n) is 2.08. The van der Waals surface area contributed by atoms with Crippen LogP contribution in [0.3, 0.4) is 0 Å². The van der Waals surface area contributed by atoms with E-state index in [0.29, 0.717) is 13.0 Å². The van der Waals surface area contributed by atoms with Crippen molar-refractivity contribution < 1.29 is 32.6 Å². The SMILES string of the molecule is O=C(O)C1CCN(C(=O)c2ccc(OCC(F)(F)F)nc2)C1. The second-order valence-electron chi connectivity index (χ2n) is 4.86. The van der Waals surface area contributed by atoms with Crippen LogP contribution in [0.2, 0.25) is 0 Å². The zero-order valence-electron chi connectivity index (χ0n) is 11.3. The lowest BCUT2D eigenvalue weighted by molar-refractivity contribution is -0.154.